The number of aromatic nitrogens is 3. The van der Waals surface area contributed by atoms with E-state index in [1.807, 2.05) is 59.5 Å². The van der Waals surface area contributed by atoms with Crippen LogP contribution >= 0.6 is 0 Å². The number of imidazole rings is 1. The number of fused-ring (bicyclic) bond motifs is 1. The summed E-state index contributed by atoms with van der Waals surface area (Å²) >= 11 is 0. The van der Waals surface area contributed by atoms with Gasteiger partial charge in [0.05, 0.1) is 17.1 Å². The predicted molar refractivity (Wildman–Crippen MR) is 101 cm³/mol. The second-order valence-electron chi connectivity index (χ2n) is 6.74. The van der Waals surface area contributed by atoms with Crippen molar-refractivity contribution in [2.45, 2.75) is 18.9 Å². The topological polar surface area (TPSA) is 75.0 Å². The molecule has 0 saturated carbocycles. The maximum Gasteiger partial charge on any atom is 0.276 e. The third-order valence-electron chi connectivity index (χ3n) is 5.02. The van der Waals surface area contributed by atoms with Crippen molar-refractivity contribution in [2.24, 2.45) is 0 Å². The Balaban J connectivity index is 1.43. The van der Waals surface area contributed by atoms with Crippen LogP contribution in [0.3, 0.4) is 0 Å². The lowest BCUT2D eigenvalue weighted by Gasteiger charge is -2.21. The Bertz CT molecular complexity index is 1070. The van der Waals surface area contributed by atoms with Crippen LogP contribution in [0.4, 0.5) is 0 Å². The Kier molecular flexibility index (Phi) is 3.74. The number of hydrogen-bond donors (Lipinski definition) is 1. The molecule has 1 atom stereocenters. The Morgan fingerprint density at radius 3 is 2.78 bits per heavy atom. The number of benzene rings is 2. The van der Waals surface area contributed by atoms with Crippen molar-refractivity contribution in [1.82, 2.24) is 20.0 Å². The van der Waals surface area contributed by atoms with E-state index < -0.39 is 0 Å². The van der Waals surface area contributed by atoms with E-state index in [9.17, 15) is 4.79 Å². The first kappa shape index (κ1) is 15.8. The number of amides is 1. The number of nitrogens with one attached hydrogen (secondary N) is 1. The van der Waals surface area contributed by atoms with E-state index in [4.69, 9.17) is 4.52 Å². The summed E-state index contributed by atoms with van der Waals surface area (Å²) in [7, 11) is 0. The first-order chi connectivity index (χ1) is 13.3. The standard InChI is InChI=1S/C21H18N4O2/c26-21(17-13-19(27-24-17)14-7-2-1-3-8-14)25-12-6-11-18(25)20-22-15-9-4-5-10-16(15)23-20/h1-5,7-10,13,18H,6,11-12H2,(H,22,23)/t18-/m0/s1. The van der Waals surface area contributed by atoms with Crippen LogP contribution in [-0.2, 0) is 0 Å². The van der Waals surface area contributed by atoms with E-state index in [0.717, 1.165) is 35.3 Å². The molecule has 0 radical (unpaired) electrons. The molecule has 27 heavy (non-hydrogen) atoms. The van der Waals surface area contributed by atoms with Crippen LogP contribution in [0.1, 0.15) is 35.2 Å². The Morgan fingerprint density at radius 1 is 1.11 bits per heavy atom. The van der Waals surface area contributed by atoms with Crippen molar-refractivity contribution >= 4 is 16.9 Å². The summed E-state index contributed by atoms with van der Waals surface area (Å²) in [5.74, 6) is 1.30. The van der Waals surface area contributed by atoms with Crippen LogP contribution in [0.25, 0.3) is 22.4 Å². The van der Waals surface area contributed by atoms with Gasteiger partial charge in [-0.2, -0.15) is 0 Å². The van der Waals surface area contributed by atoms with Crippen LogP contribution in [-0.4, -0.2) is 32.5 Å². The highest BCUT2D eigenvalue weighted by Gasteiger charge is 2.34. The molecule has 4 aromatic rings. The number of nitrogens with zero attached hydrogens (tertiary/aromatic N) is 3. The molecule has 1 aliphatic rings. The van der Waals surface area contributed by atoms with Gasteiger partial charge in [-0.1, -0.05) is 47.6 Å². The van der Waals surface area contributed by atoms with Crippen molar-refractivity contribution < 1.29 is 9.32 Å². The van der Waals surface area contributed by atoms with Gasteiger partial charge < -0.3 is 14.4 Å². The molecule has 0 bridgehead atoms. The average Bonchev–Trinajstić information content (AvgIpc) is 3.46. The minimum Gasteiger partial charge on any atom is -0.355 e. The zero-order valence-electron chi connectivity index (χ0n) is 14.6. The first-order valence-electron chi connectivity index (χ1n) is 9.07. The molecule has 0 aliphatic carbocycles. The zero-order chi connectivity index (χ0) is 18.2. The van der Waals surface area contributed by atoms with Gasteiger partial charge >= 0.3 is 0 Å². The lowest BCUT2D eigenvalue weighted by molar-refractivity contribution is 0.0720. The molecule has 2 aromatic carbocycles. The molecular formula is C21H18N4O2. The highest BCUT2D eigenvalue weighted by Crippen LogP contribution is 2.33. The number of H-pyrrole nitrogens is 1. The van der Waals surface area contributed by atoms with Crippen molar-refractivity contribution in [3.05, 3.63) is 72.2 Å². The van der Waals surface area contributed by atoms with E-state index >= 15 is 0 Å². The highest BCUT2D eigenvalue weighted by atomic mass is 16.5. The van der Waals surface area contributed by atoms with Crippen LogP contribution in [0.5, 0.6) is 0 Å². The summed E-state index contributed by atoms with van der Waals surface area (Å²) in [4.78, 5) is 22.9. The van der Waals surface area contributed by atoms with Gasteiger partial charge in [-0.3, -0.25) is 4.79 Å². The van der Waals surface area contributed by atoms with E-state index in [1.165, 1.54) is 0 Å². The third-order valence-corrected chi connectivity index (χ3v) is 5.02. The molecule has 0 unspecified atom stereocenters. The third kappa shape index (κ3) is 2.79. The van der Waals surface area contributed by atoms with Gasteiger partial charge in [0.1, 0.15) is 5.82 Å². The molecule has 6 nitrogen and oxygen atoms in total. The van der Waals surface area contributed by atoms with E-state index in [2.05, 4.69) is 15.1 Å². The predicted octanol–water partition coefficient (Wildman–Crippen LogP) is 4.20. The van der Waals surface area contributed by atoms with Crippen LogP contribution in [0, 0.1) is 0 Å². The van der Waals surface area contributed by atoms with Crippen LogP contribution < -0.4 is 0 Å². The fourth-order valence-corrected chi connectivity index (χ4v) is 3.69. The van der Waals surface area contributed by atoms with Gasteiger partial charge in [0.2, 0.25) is 0 Å². The van der Waals surface area contributed by atoms with Crippen molar-refractivity contribution in [1.29, 1.82) is 0 Å². The summed E-state index contributed by atoms with van der Waals surface area (Å²) in [6, 6.07) is 19.2. The number of aromatic amines is 1. The largest absolute Gasteiger partial charge is 0.355 e. The second kappa shape index (κ2) is 6.39. The molecule has 1 amide bonds. The summed E-state index contributed by atoms with van der Waals surface area (Å²) in [5, 5.41) is 4.01. The van der Waals surface area contributed by atoms with Gasteiger partial charge in [-0.05, 0) is 25.0 Å². The van der Waals surface area contributed by atoms with E-state index in [1.54, 1.807) is 6.07 Å². The second-order valence-corrected chi connectivity index (χ2v) is 6.74. The molecule has 3 heterocycles. The fourth-order valence-electron chi connectivity index (χ4n) is 3.69. The van der Waals surface area contributed by atoms with Crippen molar-refractivity contribution in [3.8, 4) is 11.3 Å². The molecular weight excluding hydrogens is 340 g/mol. The molecule has 134 valence electrons. The smallest absolute Gasteiger partial charge is 0.276 e. The number of rotatable bonds is 3. The lowest BCUT2D eigenvalue weighted by Crippen LogP contribution is -2.31. The quantitative estimate of drug-likeness (QED) is 0.596. The van der Waals surface area contributed by atoms with Crippen LogP contribution in [0.2, 0.25) is 0 Å². The molecule has 6 heteroatoms. The highest BCUT2D eigenvalue weighted by molar-refractivity contribution is 5.93. The average molecular weight is 358 g/mol. The van der Waals surface area contributed by atoms with Gasteiger partial charge in [-0.25, -0.2) is 4.98 Å². The monoisotopic (exact) mass is 358 g/mol. The van der Waals surface area contributed by atoms with E-state index in [-0.39, 0.29) is 11.9 Å². The first-order valence-corrected chi connectivity index (χ1v) is 9.07. The maximum atomic E-state index is 13.1. The number of carbonyl (C=O) groups is 1. The lowest BCUT2D eigenvalue weighted by atomic mass is 10.1. The molecule has 1 saturated heterocycles. The van der Waals surface area contributed by atoms with Crippen molar-refractivity contribution in [2.75, 3.05) is 6.54 Å². The molecule has 1 aliphatic heterocycles. The Labute approximate surface area is 155 Å². The Morgan fingerprint density at radius 2 is 1.93 bits per heavy atom. The number of likely N-dealkylation sites (tertiary alicyclic amines) is 1. The summed E-state index contributed by atoms with van der Waals surface area (Å²) in [6.45, 7) is 0.689. The molecule has 2 aromatic heterocycles. The van der Waals surface area contributed by atoms with Crippen LogP contribution in [0.15, 0.2) is 65.2 Å². The van der Waals surface area contributed by atoms with Gasteiger partial charge in [-0.15, -0.1) is 0 Å². The number of carbonyl (C=O) groups excluding carboxylic acids is 1. The summed E-state index contributed by atoms with van der Waals surface area (Å²) in [5.41, 5.74) is 3.13. The molecule has 1 fully saturated rings. The zero-order valence-corrected chi connectivity index (χ0v) is 14.6. The summed E-state index contributed by atoms with van der Waals surface area (Å²) < 4.78 is 5.40. The summed E-state index contributed by atoms with van der Waals surface area (Å²) in [6.07, 6.45) is 1.83. The number of para-hydroxylation sites is 2. The molecule has 5 rings (SSSR count). The minimum atomic E-state index is -0.121. The fraction of sp³-hybridized carbons (Fsp3) is 0.190. The van der Waals surface area contributed by atoms with Gasteiger partial charge in [0, 0.05) is 18.2 Å². The molecule has 0 spiro atoms. The SMILES string of the molecule is O=C(c1cc(-c2ccccc2)on1)N1CCC[C@H]1c1nc2ccccc2[nH]1. The normalized spacial score (nSPS) is 16.9. The maximum absolute atomic E-state index is 13.1. The van der Waals surface area contributed by atoms with Crippen molar-refractivity contribution in [3.63, 3.8) is 0 Å². The Hall–Kier alpha value is -3.41. The van der Waals surface area contributed by atoms with E-state index in [0.29, 0.717) is 18.0 Å². The number of hydrogen-bond acceptors (Lipinski definition) is 4. The van der Waals surface area contributed by atoms with Gasteiger partial charge in [0.25, 0.3) is 5.91 Å². The minimum absolute atomic E-state index is 0.0678. The molecule has 1 N–H and O–H groups in total. The van der Waals surface area contributed by atoms with Gasteiger partial charge in [0.15, 0.2) is 11.5 Å².